The third kappa shape index (κ3) is 3.22. The number of aromatic nitrogens is 3. The first-order chi connectivity index (χ1) is 12.3. The van der Waals surface area contributed by atoms with Gasteiger partial charge in [-0.05, 0) is 35.7 Å². The molecule has 0 bridgehead atoms. The molecule has 0 unspecified atom stereocenters. The zero-order valence-corrected chi connectivity index (χ0v) is 13.9. The Morgan fingerprint density at radius 3 is 2.72 bits per heavy atom. The molecule has 25 heavy (non-hydrogen) atoms. The standard InChI is InChI=1S/C18H14N4O2S/c23-17(13-6-2-1-3-7-13)22-18(19-12-14-8-5-11-25-14)20-16(21-22)15-9-4-10-24-15/h1-11H,12H2,(H,19,20,21). The number of carbonyl (C=O) groups excluding carboxylic acids is 1. The Balaban J connectivity index is 1.69. The topological polar surface area (TPSA) is 73.0 Å². The number of nitrogens with one attached hydrogen (secondary N) is 1. The second kappa shape index (κ2) is 6.74. The number of anilines is 1. The Morgan fingerprint density at radius 2 is 2.00 bits per heavy atom. The van der Waals surface area contributed by atoms with Crippen LogP contribution in [-0.4, -0.2) is 20.7 Å². The van der Waals surface area contributed by atoms with E-state index in [0.717, 1.165) is 4.88 Å². The largest absolute Gasteiger partial charge is 0.461 e. The quantitative estimate of drug-likeness (QED) is 0.591. The van der Waals surface area contributed by atoms with Crippen LogP contribution in [0.4, 0.5) is 5.95 Å². The highest BCUT2D eigenvalue weighted by atomic mass is 32.1. The van der Waals surface area contributed by atoms with Crippen molar-refractivity contribution in [3.63, 3.8) is 0 Å². The summed E-state index contributed by atoms with van der Waals surface area (Å²) in [5.41, 5.74) is 0.539. The minimum absolute atomic E-state index is 0.250. The van der Waals surface area contributed by atoms with Gasteiger partial charge in [0.15, 0.2) is 5.76 Å². The van der Waals surface area contributed by atoms with Crippen molar-refractivity contribution in [2.45, 2.75) is 6.54 Å². The Morgan fingerprint density at radius 1 is 1.12 bits per heavy atom. The zero-order valence-electron chi connectivity index (χ0n) is 13.1. The minimum Gasteiger partial charge on any atom is -0.461 e. The van der Waals surface area contributed by atoms with Gasteiger partial charge in [-0.1, -0.05) is 24.3 Å². The second-order valence-electron chi connectivity index (χ2n) is 5.25. The van der Waals surface area contributed by atoms with Gasteiger partial charge in [0, 0.05) is 10.4 Å². The third-order valence-electron chi connectivity index (χ3n) is 3.56. The molecule has 0 aliphatic heterocycles. The molecule has 0 amide bonds. The summed E-state index contributed by atoms with van der Waals surface area (Å²) < 4.78 is 6.63. The van der Waals surface area contributed by atoms with Crippen molar-refractivity contribution in [3.8, 4) is 11.6 Å². The fourth-order valence-electron chi connectivity index (χ4n) is 2.36. The summed E-state index contributed by atoms with van der Waals surface area (Å²) in [4.78, 5) is 18.4. The molecule has 0 atom stereocenters. The van der Waals surface area contributed by atoms with Gasteiger partial charge in [-0.2, -0.15) is 9.67 Å². The Kier molecular flexibility index (Phi) is 4.14. The van der Waals surface area contributed by atoms with Crippen molar-refractivity contribution in [1.29, 1.82) is 0 Å². The molecular weight excluding hydrogens is 336 g/mol. The van der Waals surface area contributed by atoms with E-state index in [-0.39, 0.29) is 5.91 Å². The van der Waals surface area contributed by atoms with Crippen LogP contribution in [0, 0.1) is 0 Å². The smallest absolute Gasteiger partial charge is 0.281 e. The van der Waals surface area contributed by atoms with Gasteiger partial charge in [0.2, 0.25) is 11.8 Å². The molecule has 7 heteroatoms. The lowest BCUT2D eigenvalue weighted by atomic mass is 10.2. The van der Waals surface area contributed by atoms with Crippen LogP contribution in [0.25, 0.3) is 11.6 Å². The number of furan rings is 1. The van der Waals surface area contributed by atoms with E-state index in [1.165, 1.54) is 4.68 Å². The van der Waals surface area contributed by atoms with Gasteiger partial charge < -0.3 is 9.73 Å². The zero-order chi connectivity index (χ0) is 17.1. The molecule has 0 aliphatic carbocycles. The van der Waals surface area contributed by atoms with Crippen LogP contribution < -0.4 is 5.32 Å². The van der Waals surface area contributed by atoms with Crippen LogP contribution in [0.15, 0.2) is 70.7 Å². The monoisotopic (exact) mass is 350 g/mol. The molecule has 4 aromatic rings. The van der Waals surface area contributed by atoms with Gasteiger partial charge >= 0.3 is 0 Å². The molecule has 4 rings (SSSR count). The van der Waals surface area contributed by atoms with Crippen molar-refractivity contribution in [1.82, 2.24) is 14.8 Å². The van der Waals surface area contributed by atoms with Crippen LogP contribution in [0.1, 0.15) is 15.2 Å². The number of nitrogens with zero attached hydrogens (tertiary/aromatic N) is 3. The summed E-state index contributed by atoms with van der Waals surface area (Å²) >= 11 is 1.63. The SMILES string of the molecule is O=C(c1ccccc1)n1nc(-c2ccco2)nc1NCc1cccs1. The van der Waals surface area contributed by atoms with E-state index in [1.54, 1.807) is 41.9 Å². The minimum atomic E-state index is -0.250. The summed E-state index contributed by atoms with van der Waals surface area (Å²) in [7, 11) is 0. The van der Waals surface area contributed by atoms with Crippen molar-refractivity contribution in [2.24, 2.45) is 0 Å². The van der Waals surface area contributed by atoms with Crippen LogP contribution in [-0.2, 0) is 6.54 Å². The first kappa shape index (κ1) is 15.3. The maximum atomic E-state index is 12.8. The summed E-state index contributed by atoms with van der Waals surface area (Å²) in [6.45, 7) is 0.566. The third-order valence-corrected chi connectivity index (χ3v) is 4.44. The maximum absolute atomic E-state index is 12.8. The molecule has 124 valence electrons. The number of thiophene rings is 1. The fraction of sp³-hybridized carbons (Fsp3) is 0.0556. The van der Waals surface area contributed by atoms with E-state index >= 15 is 0 Å². The molecule has 0 radical (unpaired) electrons. The molecule has 3 aromatic heterocycles. The van der Waals surface area contributed by atoms with Crippen LogP contribution in [0.5, 0.6) is 0 Å². The first-order valence-corrected chi connectivity index (χ1v) is 8.56. The fourth-order valence-corrected chi connectivity index (χ4v) is 3.01. The lowest BCUT2D eigenvalue weighted by molar-refractivity contribution is 0.0947. The molecule has 3 heterocycles. The Bertz CT molecular complexity index is 960. The highest BCUT2D eigenvalue weighted by molar-refractivity contribution is 7.09. The van der Waals surface area contributed by atoms with E-state index in [9.17, 15) is 4.79 Å². The number of hydrogen-bond acceptors (Lipinski definition) is 6. The number of benzene rings is 1. The predicted octanol–water partition coefficient (Wildman–Crippen LogP) is 3.90. The van der Waals surface area contributed by atoms with E-state index in [4.69, 9.17) is 4.42 Å². The Hall–Kier alpha value is -3.19. The normalized spacial score (nSPS) is 10.7. The van der Waals surface area contributed by atoms with Crippen molar-refractivity contribution >= 4 is 23.2 Å². The molecule has 0 saturated heterocycles. The predicted molar refractivity (Wildman–Crippen MR) is 95.5 cm³/mol. The molecule has 1 N–H and O–H groups in total. The highest BCUT2D eigenvalue weighted by Crippen LogP contribution is 2.20. The molecule has 0 aliphatic rings. The molecule has 0 spiro atoms. The van der Waals surface area contributed by atoms with Gasteiger partial charge in [-0.15, -0.1) is 16.4 Å². The number of carbonyl (C=O) groups is 1. The molecular formula is C18H14N4O2S. The van der Waals surface area contributed by atoms with E-state index in [0.29, 0.717) is 29.6 Å². The van der Waals surface area contributed by atoms with Crippen LogP contribution >= 0.6 is 11.3 Å². The lowest BCUT2D eigenvalue weighted by Crippen LogP contribution is -2.17. The Labute approximate surface area is 147 Å². The molecule has 0 saturated carbocycles. The summed E-state index contributed by atoms with van der Waals surface area (Å²) in [6, 6.07) is 16.5. The van der Waals surface area contributed by atoms with Crippen LogP contribution in [0.3, 0.4) is 0 Å². The highest BCUT2D eigenvalue weighted by Gasteiger charge is 2.19. The molecule has 0 fully saturated rings. The van der Waals surface area contributed by atoms with Crippen molar-refractivity contribution in [3.05, 3.63) is 76.7 Å². The van der Waals surface area contributed by atoms with E-state index < -0.39 is 0 Å². The average molecular weight is 350 g/mol. The lowest BCUT2D eigenvalue weighted by Gasteiger charge is -2.06. The molecule has 6 nitrogen and oxygen atoms in total. The number of hydrogen-bond donors (Lipinski definition) is 1. The van der Waals surface area contributed by atoms with Crippen molar-refractivity contribution in [2.75, 3.05) is 5.32 Å². The van der Waals surface area contributed by atoms with Crippen LogP contribution in [0.2, 0.25) is 0 Å². The average Bonchev–Trinajstić information content (AvgIpc) is 3.41. The van der Waals surface area contributed by atoms with Gasteiger partial charge in [-0.25, -0.2) is 0 Å². The van der Waals surface area contributed by atoms with Crippen molar-refractivity contribution < 1.29 is 9.21 Å². The van der Waals surface area contributed by atoms with Gasteiger partial charge in [0.25, 0.3) is 5.91 Å². The van der Waals surface area contributed by atoms with Gasteiger partial charge in [0.05, 0.1) is 12.8 Å². The number of rotatable bonds is 5. The first-order valence-electron chi connectivity index (χ1n) is 7.68. The van der Waals surface area contributed by atoms with Gasteiger partial charge in [-0.3, -0.25) is 4.79 Å². The second-order valence-corrected chi connectivity index (χ2v) is 6.28. The maximum Gasteiger partial charge on any atom is 0.281 e. The van der Waals surface area contributed by atoms with E-state index in [2.05, 4.69) is 15.4 Å². The summed E-state index contributed by atoms with van der Waals surface area (Å²) in [5.74, 6) is 1.01. The summed E-state index contributed by atoms with van der Waals surface area (Å²) in [5, 5.41) is 9.52. The molecule has 1 aromatic carbocycles. The van der Waals surface area contributed by atoms with E-state index in [1.807, 2.05) is 35.7 Å². The summed E-state index contributed by atoms with van der Waals surface area (Å²) in [6.07, 6.45) is 1.55. The van der Waals surface area contributed by atoms with Gasteiger partial charge in [0.1, 0.15) is 0 Å².